The molecule has 26 heavy (non-hydrogen) atoms. The molecule has 0 unspecified atom stereocenters. The van der Waals surface area contributed by atoms with Crippen molar-refractivity contribution in [1.82, 2.24) is 25.1 Å². The third-order valence-electron chi connectivity index (χ3n) is 4.55. The highest BCUT2D eigenvalue weighted by Gasteiger charge is 2.36. The van der Waals surface area contributed by atoms with Crippen LogP contribution < -0.4 is 5.32 Å². The van der Waals surface area contributed by atoms with Gasteiger partial charge in [-0.1, -0.05) is 18.9 Å². The van der Waals surface area contributed by atoms with Crippen LogP contribution in [-0.4, -0.2) is 25.1 Å². The quantitative estimate of drug-likeness (QED) is 0.743. The molecule has 0 atom stereocenters. The fourth-order valence-electron chi connectivity index (χ4n) is 3.27. The third-order valence-corrected chi connectivity index (χ3v) is 4.55. The van der Waals surface area contributed by atoms with Gasteiger partial charge in [0, 0.05) is 24.8 Å². The van der Waals surface area contributed by atoms with Crippen molar-refractivity contribution in [3.05, 3.63) is 48.4 Å². The van der Waals surface area contributed by atoms with Gasteiger partial charge in [0.25, 0.3) is 11.8 Å². The molecule has 1 fully saturated rings. The fourth-order valence-corrected chi connectivity index (χ4v) is 3.27. The number of rotatable bonds is 5. The molecule has 0 saturated heterocycles. The monoisotopic (exact) mass is 358 g/mol. The van der Waals surface area contributed by atoms with Gasteiger partial charge in [-0.25, -0.2) is 9.97 Å². The van der Waals surface area contributed by atoms with E-state index in [1.54, 1.807) is 6.20 Å². The number of hydrogen-bond acceptors (Lipinski definition) is 7. The van der Waals surface area contributed by atoms with Gasteiger partial charge in [0.15, 0.2) is 0 Å². The topological polar surface area (TPSA) is 89.6 Å². The molecule has 1 aliphatic rings. The summed E-state index contributed by atoms with van der Waals surface area (Å²) in [6.45, 7) is 0. The van der Waals surface area contributed by atoms with Crippen molar-refractivity contribution in [2.75, 3.05) is 5.32 Å². The van der Waals surface area contributed by atoms with E-state index in [1.807, 2.05) is 18.3 Å². The first-order chi connectivity index (χ1) is 12.7. The molecule has 1 aliphatic carbocycles. The maximum atomic E-state index is 12.5. The maximum absolute atomic E-state index is 12.5. The Morgan fingerprint density at radius 1 is 1.08 bits per heavy atom. The van der Waals surface area contributed by atoms with Crippen LogP contribution in [0.1, 0.15) is 43.6 Å². The van der Waals surface area contributed by atoms with E-state index in [1.165, 1.54) is 12.4 Å². The van der Waals surface area contributed by atoms with E-state index in [-0.39, 0.29) is 11.4 Å². The Labute approximate surface area is 147 Å². The minimum atomic E-state index is -2.81. The lowest BCUT2D eigenvalue weighted by molar-refractivity contribution is 0.116. The van der Waals surface area contributed by atoms with Crippen molar-refractivity contribution in [1.29, 1.82) is 0 Å². The first-order valence-corrected chi connectivity index (χ1v) is 8.29. The highest BCUT2D eigenvalue weighted by Crippen LogP contribution is 2.40. The Kier molecular flexibility index (Phi) is 4.27. The number of hydrogen-bond donors (Lipinski definition) is 1. The van der Waals surface area contributed by atoms with Crippen molar-refractivity contribution in [3.8, 4) is 11.5 Å². The molecule has 3 aromatic rings. The van der Waals surface area contributed by atoms with Crippen LogP contribution in [0, 0.1) is 0 Å². The van der Waals surface area contributed by atoms with Gasteiger partial charge in [-0.05, 0) is 24.5 Å². The van der Waals surface area contributed by atoms with E-state index in [0.717, 1.165) is 31.2 Å². The normalized spacial score (nSPS) is 16.1. The van der Waals surface area contributed by atoms with E-state index in [2.05, 4.69) is 30.5 Å². The van der Waals surface area contributed by atoms with Crippen LogP contribution in [0.2, 0.25) is 0 Å². The van der Waals surface area contributed by atoms with Crippen LogP contribution in [-0.2, 0) is 5.54 Å². The molecule has 3 aromatic heterocycles. The second-order valence-corrected chi connectivity index (χ2v) is 6.20. The number of nitrogens with one attached hydrogen (secondary N) is 1. The average molecular weight is 358 g/mol. The largest absolute Gasteiger partial charge is 0.415 e. The molecule has 134 valence electrons. The standard InChI is InChI=1S/C17H16F2N6O/c18-13(19)15-25-24-14(26-15)11-8-21-16(22-9-11)23-17(5-1-2-6-17)12-4-3-7-20-10-12/h3-4,7-10,13H,1-2,5-6H2,(H,21,22,23). The van der Waals surface area contributed by atoms with Gasteiger partial charge in [-0.3, -0.25) is 4.98 Å². The molecule has 0 spiro atoms. The van der Waals surface area contributed by atoms with E-state index in [4.69, 9.17) is 4.42 Å². The predicted molar refractivity (Wildman–Crippen MR) is 88.3 cm³/mol. The predicted octanol–water partition coefficient (Wildman–Crippen LogP) is 3.74. The first kappa shape index (κ1) is 16.5. The second kappa shape index (κ2) is 6.74. The van der Waals surface area contributed by atoms with Crippen molar-refractivity contribution < 1.29 is 13.2 Å². The van der Waals surface area contributed by atoms with Gasteiger partial charge in [0.1, 0.15) is 0 Å². The summed E-state index contributed by atoms with van der Waals surface area (Å²) in [5, 5.41) is 10.3. The van der Waals surface area contributed by atoms with Gasteiger partial charge in [-0.15, -0.1) is 10.2 Å². The summed E-state index contributed by atoms with van der Waals surface area (Å²) in [7, 11) is 0. The van der Waals surface area contributed by atoms with E-state index < -0.39 is 12.3 Å². The molecule has 1 saturated carbocycles. The number of anilines is 1. The average Bonchev–Trinajstić information content (AvgIpc) is 3.34. The van der Waals surface area contributed by atoms with Crippen molar-refractivity contribution in [3.63, 3.8) is 0 Å². The smallest absolute Gasteiger partial charge is 0.314 e. The van der Waals surface area contributed by atoms with E-state index in [9.17, 15) is 8.78 Å². The Morgan fingerprint density at radius 2 is 1.85 bits per heavy atom. The minimum Gasteiger partial charge on any atom is -0.415 e. The summed E-state index contributed by atoms with van der Waals surface area (Å²) in [6, 6.07) is 3.96. The van der Waals surface area contributed by atoms with E-state index >= 15 is 0 Å². The minimum absolute atomic E-state index is 0.0327. The number of alkyl halides is 2. The van der Waals surface area contributed by atoms with Crippen LogP contribution in [0.4, 0.5) is 14.7 Å². The molecule has 9 heteroatoms. The van der Waals surface area contributed by atoms with Crippen molar-refractivity contribution in [2.24, 2.45) is 0 Å². The van der Waals surface area contributed by atoms with Crippen LogP contribution in [0.3, 0.4) is 0 Å². The van der Waals surface area contributed by atoms with Crippen LogP contribution in [0.15, 0.2) is 41.3 Å². The second-order valence-electron chi connectivity index (χ2n) is 6.20. The molecule has 7 nitrogen and oxygen atoms in total. The number of nitrogens with zero attached hydrogens (tertiary/aromatic N) is 5. The van der Waals surface area contributed by atoms with Crippen LogP contribution in [0.5, 0.6) is 0 Å². The summed E-state index contributed by atoms with van der Waals surface area (Å²) in [5.74, 6) is -0.300. The number of halogens is 2. The third kappa shape index (κ3) is 3.12. The molecule has 4 rings (SSSR count). The summed E-state index contributed by atoms with van der Waals surface area (Å²) < 4.78 is 30.0. The van der Waals surface area contributed by atoms with Gasteiger partial charge in [-0.2, -0.15) is 8.78 Å². The van der Waals surface area contributed by atoms with Gasteiger partial charge < -0.3 is 9.73 Å². The van der Waals surface area contributed by atoms with Crippen molar-refractivity contribution in [2.45, 2.75) is 37.6 Å². The highest BCUT2D eigenvalue weighted by molar-refractivity contribution is 5.51. The molecule has 1 N–H and O–H groups in total. The summed E-state index contributed by atoms with van der Waals surface area (Å²) in [5.41, 5.74) is 1.24. The van der Waals surface area contributed by atoms with Gasteiger partial charge in [0.2, 0.25) is 5.95 Å². The van der Waals surface area contributed by atoms with Gasteiger partial charge >= 0.3 is 6.43 Å². The Morgan fingerprint density at radius 3 is 2.46 bits per heavy atom. The zero-order valence-corrected chi connectivity index (χ0v) is 13.8. The zero-order chi connectivity index (χ0) is 18.0. The summed E-state index contributed by atoms with van der Waals surface area (Å²) in [4.78, 5) is 12.8. The lowest BCUT2D eigenvalue weighted by Crippen LogP contribution is -2.33. The van der Waals surface area contributed by atoms with Gasteiger partial charge in [0.05, 0.1) is 11.1 Å². The molecule has 0 bridgehead atoms. The molecule has 0 aromatic carbocycles. The fraction of sp³-hybridized carbons (Fsp3) is 0.353. The Bertz CT molecular complexity index is 862. The summed E-state index contributed by atoms with van der Waals surface area (Å²) in [6.07, 6.45) is 7.90. The maximum Gasteiger partial charge on any atom is 0.314 e. The molecular formula is C17H16F2N6O. The summed E-state index contributed by atoms with van der Waals surface area (Å²) >= 11 is 0. The zero-order valence-electron chi connectivity index (χ0n) is 13.8. The number of aromatic nitrogens is 5. The molecule has 0 radical (unpaired) electrons. The molecule has 0 amide bonds. The Balaban J connectivity index is 1.56. The SMILES string of the molecule is FC(F)c1nnc(-c2cnc(NC3(c4cccnc4)CCCC3)nc2)o1. The lowest BCUT2D eigenvalue weighted by Gasteiger charge is -2.30. The van der Waals surface area contributed by atoms with E-state index in [0.29, 0.717) is 11.5 Å². The van der Waals surface area contributed by atoms with Crippen molar-refractivity contribution >= 4 is 5.95 Å². The molecule has 0 aliphatic heterocycles. The van der Waals surface area contributed by atoms with Crippen LogP contribution in [0.25, 0.3) is 11.5 Å². The Hall–Kier alpha value is -2.97. The lowest BCUT2D eigenvalue weighted by atomic mass is 9.89. The van der Waals surface area contributed by atoms with Crippen LogP contribution >= 0.6 is 0 Å². The number of pyridine rings is 1. The molecular weight excluding hydrogens is 342 g/mol. The molecule has 3 heterocycles. The first-order valence-electron chi connectivity index (χ1n) is 8.29. The highest BCUT2D eigenvalue weighted by atomic mass is 19.3.